The van der Waals surface area contributed by atoms with E-state index in [-0.39, 0.29) is 0 Å². The predicted molar refractivity (Wildman–Crippen MR) is 87.5 cm³/mol. The molecule has 0 N–H and O–H groups in total. The Bertz CT molecular complexity index is 832. The Labute approximate surface area is 136 Å². The second-order valence-electron chi connectivity index (χ2n) is 5.32. The van der Waals surface area contributed by atoms with Crippen LogP contribution < -0.4 is 0 Å². The minimum atomic E-state index is -4.32. The van der Waals surface area contributed by atoms with Crippen LogP contribution in [0.5, 0.6) is 0 Å². The Morgan fingerprint density at radius 3 is 2.17 bits per heavy atom. The fourth-order valence-corrected chi connectivity index (χ4v) is 3.56. The standard InChI is InChI=1S/C18H14F3NS/c1-11-5-3-4-6-15(11)16-12(2)22-17(23-16)13-7-9-14(10-8-13)18(19,20)21/h3-10H,1-2H3. The van der Waals surface area contributed by atoms with Gasteiger partial charge in [0.1, 0.15) is 5.01 Å². The van der Waals surface area contributed by atoms with E-state index in [1.807, 2.05) is 38.1 Å². The van der Waals surface area contributed by atoms with Crippen molar-refractivity contribution in [2.24, 2.45) is 0 Å². The van der Waals surface area contributed by atoms with Gasteiger partial charge in [0, 0.05) is 5.56 Å². The third-order valence-electron chi connectivity index (χ3n) is 3.65. The number of thiazole rings is 1. The summed E-state index contributed by atoms with van der Waals surface area (Å²) in [4.78, 5) is 5.58. The van der Waals surface area contributed by atoms with Crippen molar-refractivity contribution < 1.29 is 13.2 Å². The quantitative estimate of drug-likeness (QED) is 0.551. The highest BCUT2D eigenvalue weighted by molar-refractivity contribution is 7.18. The van der Waals surface area contributed by atoms with Crippen molar-refractivity contribution in [1.82, 2.24) is 4.98 Å². The Kier molecular flexibility index (Phi) is 3.98. The van der Waals surface area contributed by atoms with E-state index in [1.54, 1.807) is 0 Å². The van der Waals surface area contributed by atoms with Crippen molar-refractivity contribution in [3.8, 4) is 21.0 Å². The highest BCUT2D eigenvalue weighted by atomic mass is 32.1. The largest absolute Gasteiger partial charge is 0.416 e. The second kappa shape index (κ2) is 5.81. The van der Waals surface area contributed by atoms with Crippen molar-refractivity contribution in [3.05, 3.63) is 65.4 Å². The molecule has 0 saturated carbocycles. The fourth-order valence-electron chi connectivity index (χ4n) is 2.40. The summed E-state index contributed by atoms with van der Waals surface area (Å²) in [5, 5.41) is 0.731. The summed E-state index contributed by atoms with van der Waals surface area (Å²) in [7, 11) is 0. The van der Waals surface area contributed by atoms with Gasteiger partial charge in [-0.3, -0.25) is 0 Å². The van der Waals surface area contributed by atoms with Crippen LogP contribution in [0.3, 0.4) is 0 Å². The molecule has 5 heteroatoms. The molecule has 0 bridgehead atoms. The Hall–Kier alpha value is -2.14. The molecule has 0 saturated heterocycles. The lowest BCUT2D eigenvalue weighted by atomic mass is 10.1. The summed E-state index contributed by atoms with van der Waals surface area (Å²) in [6, 6.07) is 13.2. The lowest BCUT2D eigenvalue weighted by molar-refractivity contribution is -0.137. The van der Waals surface area contributed by atoms with Gasteiger partial charge in [0.25, 0.3) is 0 Å². The van der Waals surface area contributed by atoms with Gasteiger partial charge < -0.3 is 0 Å². The Balaban J connectivity index is 2.00. The Morgan fingerprint density at radius 2 is 1.57 bits per heavy atom. The number of alkyl halides is 3. The number of halogens is 3. The summed E-state index contributed by atoms with van der Waals surface area (Å²) in [5.74, 6) is 0. The summed E-state index contributed by atoms with van der Waals surface area (Å²) < 4.78 is 37.9. The normalized spacial score (nSPS) is 11.7. The molecule has 1 heterocycles. The van der Waals surface area contributed by atoms with E-state index in [1.165, 1.54) is 23.5 Å². The average molecular weight is 333 g/mol. The molecule has 0 unspecified atom stereocenters. The zero-order valence-electron chi connectivity index (χ0n) is 12.6. The molecule has 3 rings (SSSR count). The van der Waals surface area contributed by atoms with Crippen LogP contribution in [0.1, 0.15) is 16.8 Å². The second-order valence-corrected chi connectivity index (χ2v) is 6.32. The smallest absolute Gasteiger partial charge is 0.241 e. The SMILES string of the molecule is Cc1ccccc1-c1sc(-c2ccc(C(F)(F)F)cc2)nc1C. The Morgan fingerprint density at radius 1 is 0.913 bits per heavy atom. The molecule has 0 amide bonds. The summed E-state index contributed by atoms with van der Waals surface area (Å²) in [6.45, 7) is 3.96. The van der Waals surface area contributed by atoms with E-state index in [9.17, 15) is 13.2 Å². The van der Waals surface area contributed by atoms with E-state index in [0.717, 1.165) is 38.8 Å². The van der Waals surface area contributed by atoms with E-state index in [2.05, 4.69) is 4.98 Å². The predicted octanol–water partition coefficient (Wildman–Crippen LogP) is 6.11. The van der Waals surface area contributed by atoms with Crippen molar-refractivity contribution in [1.29, 1.82) is 0 Å². The van der Waals surface area contributed by atoms with E-state index in [0.29, 0.717) is 5.56 Å². The molecule has 0 aliphatic rings. The molecule has 0 spiro atoms. The molecule has 0 atom stereocenters. The number of aromatic nitrogens is 1. The number of hydrogen-bond donors (Lipinski definition) is 0. The first-order chi connectivity index (χ1) is 10.9. The van der Waals surface area contributed by atoms with Gasteiger partial charge in [-0.05, 0) is 37.1 Å². The molecule has 0 aliphatic heterocycles. The first kappa shape index (κ1) is 15.7. The molecular weight excluding hydrogens is 319 g/mol. The average Bonchev–Trinajstić information content (AvgIpc) is 2.89. The third-order valence-corrected chi connectivity index (χ3v) is 4.89. The molecule has 23 heavy (non-hydrogen) atoms. The van der Waals surface area contributed by atoms with Gasteiger partial charge in [0.05, 0.1) is 16.1 Å². The maximum Gasteiger partial charge on any atom is 0.416 e. The number of hydrogen-bond acceptors (Lipinski definition) is 2. The molecule has 118 valence electrons. The lowest BCUT2D eigenvalue weighted by Gasteiger charge is -2.06. The van der Waals surface area contributed by atoms with E-state index >= 15 is 0 Å². The molecule has 0 aliphatic carbocycles. The van der Waals surface area contributed by atoms with Crippen LogP contribution in [0, 0.1) is 13.8 Å². The summed E-state index contributed by atoms with van der Waals surface area (Å²) in [6.07, 6.45) is -4.32. The number of benzene rings is 2. The molecule has 0 radical (unpaired) electrons. The van der Waals surface area contributed by atoms with Crippen molar-refractivity contribution >= 4 is 11.3 Å². The van der Waals surface area contributed by atoms with Gasteiger partial charge in [-0.25, -0.2) is 4.98 Å². The summed E-state index contributed by atoms with van der Waals surface area (Å²) >= 11 is 1.50. The van der Waals surface area contributed by atoms with Gasteiger partial charge in [0.15, 0.2) is 0 Å². The van der Waals surface area contributed by atoms with Crippen LogP contribution >= 0.6 is 11.3 Å². The van der Waals surface area contributed by atoms with Crippen LogP contribution in [0.15, 0.2) is 48.5 Å². The number of aryl methyl sites for hydroxylation is 2. The molecule has 3 aromatic rings. The fraction of sp³-hybridized carbons (Fsp3) is 0.167. The molecule has 1 nitrogen and oxygen atoms in total. The van der Waals surface area contributed by atoms with E-state index < -0.39 is 11.7 Å². The third kappa shape index (κ3) is 3.15. The van der Waals surface area contributed by atoms with Crippen LogP contribution in [0.2, 0.25) is 0 Å². The maximum atomic E-state index is 12.6. The van der Waals surface area contributed by atoms with Gasteiger partial charge in [0.2, 0.25) is 0 Å². The van der Waals surface area contributed by atoms with Gasteiger partial charge in [-0.1, -0.05) is 36.4 Å². The van der Waals surface area contributed by atoms with E-state index in [4.69, 9.17) is 0 Å². The van der Waals surface area contributed by atoms with Crippen LogP contribution in [0.25, 0.3) is 21.0 Å². The molecule has 0 fully saturated rings. The summed E-state index contributed by atoms with van der Waals surface area (Å²) in [5.41, 5.74) is 3.21. The monoisotopic (exact) mass is 333 g/mol. The van der Waals surface area contributed by atoms with Crippen LogP contribution in [0.4, 0.5) is 13.2 Å². The maximum absolute atomic E-state index is 12.6. The first-order valence-corrected chi connectivity index (χ1v) is 7.89. The zero-order chi connectivity index (χ0) is 16.6. The molecular formula is C18H14F3NS. The zero-order valence-corrected chi connectivity index (χ0v) is 13.4. The minimum absolute atomic E-state index is 0.645. The molecule has 1 aromatic heterocycles. The molecule has 2 aromatic carbocycles. The minimum Gasteiger partial charge on any atom is -0.241 e. The lowest BCUT2D eigenvalue weighted by Crippen LogP contribution is -2.03. The van der Waals surface area contributed by atoms with Crippen molar-refractivity contribution in [3.63, 3.8) is 0 Å². The highest BCUT2D eigenvalue weighted by Crippen LogP contribution is 2.37. The van der Waals surface area contributed by atoms with Crippen LogP contribution in [-0.4, -0.2) is 4.98 Å². The van der Waals surface area contributed by atoms with Gasteiger partial charge in [-0.15, -0.1) is 11.3 Å². The number of nitrogens with zero attached hydrogens (tertiary/aromatic N) is 1. The van der Waals surface area contributed by atoms with Gasteiger partial charge >= 0.3 is 6.18 Å². The van der Waals surface area contributed by atoms with Gasteiger partial charge in [-0.2, -0.15) is 13.2 Å². The van der Waals surface area contributed by atoms with Crippen molar-refractivity contribution in [2.45, 2.75) is 20.0 Å². The van der Waals surface area contributed by atoms with Crippen LogP contribution in [-0.2, 0) is 6.18 Å². The number of rotatable bonds is 2. The first-order valence-electron chi connectivity index (χ1n) is 7.07. The highest BCUT2D eigenvalue weighted by Gasteiger charge is 2.30. The topological polar surface area (TPSA) is 12.9 Å². The van der Waals surface area contributed by atoms with Crippen molar-refractivity contribution in [2.75, 3.05) is 0 Å².